The topological polar surface area (TPSA) is 54.5 Å². The molecule has 0 aliphatic carbocycles. The van der Waals surface area contributed by atoms with E-state index in [0.29, 0.717) is 11.6 Å². The highest BCUT2D eigenvalue weighted by atomic mass is 16.5. The van der Waals surface area contributed by atoms with E-state index in [0.717, 1.165) is 24.0 Å². The molecule has 1 aliphatic rings. The Morgan fingerprint density at radius 2 is 2.13 bits per heavy atom. The summed E-state index contributed by atoms with van der Waals surface area (Å²) in [5.74, 6) is -0.0964. The molecule has 1 saturated heterocycles. The van der Waals surface area contributed by atoms with Gasteiger partial charge in [0.25, 0.3) is 5.91 Å². The Morgan fingerprint density at radius 3 is 2.87 bits per heavy atom. The normalized spacial score (nSPS) is 21.9. The summed E-state index contributed by atoms with van der Waals surface area (Å²) in [4.78, 5) is 19.2. The van der Waals surface area contributed by atoms with Gasteiger partial charge < -0.3 is 10.1 Å². The Kier molecular flexibility index (Phi) is 4.59. The van der Waals surface area contributed by atoms with Crippen LogP contribution in [0.5, 0.6) is 0 Å². The molecular weight excluding hydrogens is 290 g/mol. The van der Waals surface area contributed by atoms with Crippen LogP contribution in [-0.2, 0) is 4.74 Å². The average Bonchev–Trinajstić information content (AvgIpc) is 2.97. The van der Waals surface area contributed by atoms with Gasteiger partial charge in [-0.2, -0.15) is 0 Å². The van der Waals surface area contributed by atoms with Gasteiger partial charge in [0.15, 0.2) is 0 Å². The number of benzene rings is 1. The summed E-state index contributed by atoms with van der Waals surface area (Å²) in [7, 11) is 1.70. The zero-order chi connectivity index (χ0) is 16.4. The largest absolute Gasteiger partial charge is 0.378 e. The summed E-state index contributed by atoms with van der Waals surface area (Å²) in [6, 6.07) is 10.1. The van der Waals surface area contributed by atoms with E-state index in [2.05, 4.69) is 29.0 Å². The molecule has 1 amide bonds. The molecule has 0 unspecified atom stereocenters. The lowest BCUT2D eigenvalue weighted by Crippen LogP contribution is -2.43. The van der Waals surface area contributed by atoms with Gasteiger partial charge in [-0.3, -0.25) is 14.7 Å². The molecular formula is C18H23N3O2. The second-order valence-electron chi connectivity index (χ2n) is 6.32. The lowest BCUT2D eigenvalue weighted by Gasteiger charge is -2.20. The Balaban J connectivity index is 1.74. The van der Waals surface area contributed by atoms with Crippen molar-refractivity contribution in [3.63, 3.8) is 0 Å². The molecule has 2 aromatic rings. The van der Waals surface area contributed by atoms with E-state index < -0.39 is 0 Å². The predicted octanol–water partition coefficient (Wildman–Crippen LogP) is 2.07. The number of rotatable bonds is 4. The number of para-hydroxylation sites is 1. The maximum Gasteiger partial charge on any atom is 0.253 e. The fourth-order valence-electron chi connectivity index (χ4n) is 3.05. The number of fused-ring (bicyclic) bond motifs is 1. The van der Waals surface area contributed by atoms with Crippen LogP contribution in [0.4, 0.5) is 0 Å². The number of likely N-dealkylation sites (tertiary alicyclic amines) is 1. The summed E-state index contributed by atoms with van der Waals surface area (Å²) in [6.45, 7) is 5.96. The first-order valence-corrected chi connectivity index (χ1v) is 8.01. The summed E-state index contributed by atoms with van der Waals surface area (Å²) in [5.41, 5.74) is 1.48. The molecule has 1 aromatic heterocycles. The minimum absolute atomic E-state index is 0.00127. The van der Waals surface area contributed by atoms with Crippen molar-refractivity contribution in [2.45, 2.75) is 32.0 Å². The van der Waals surface area contributed by atoms with Gasteiger partial charge >= 0.3 is 0 Å². The van der Waals surface area contributed by atoms with E-state index in [4.69, 9.17) is 4.74 Å². The molecule has 2 heterocycles. The van der Waals surface area contributed by atoms with E-state index in [1.54, 1.807) is 13.3 Å². The third-order valence-corrected chi connectivity index (χ3v) is 4.50. The fraction of sp³-hybridized carbons (Fsp3) is 0.444. The van der Waals surface area contributed by atoms with Crippen molar-refractivity contribution in [1.29, 1.82) is 0 Å². The van der Waals surface area contributed by atoms with Crippen molar-refractivity contribution in [3.8, 4) is 0 Å². The molecule has 2 atom stereocenters. The Morgan fingerprint density at radius 1 is 1.35 bits per heavy atom. The summed E-state index contributed by atoms with van der Waals surface area (Å²) in [6.07, 6.45) is 1.66. The average molecular weight is 313 g/mol. The molecule has 23 heavy (non-hydrogen) atoms. The number of ether oxygens (including phenoxy) is 1. The maximum atomic E-state index is 12.6. The SMILES string of the molecule is CO[C@H]1CN(C(C)C)C[C@@H]1NC(=O)c1cnc2ccccc2c1. The number of nitrogens with zero attached hydrogens (tertiary/aromatic N) is 2. The highest BCUT2D eigenvalue weighted by molar-refractivity contribution is 5.97. The van der Waals surface area contributed by atoms with Crippen LogP contribution in [0, 0.1) is 0 Å². The van der Waals surface area contributed by atoms with Crippen LogP contribution >= 0.6 is 0 Å². The van der Waals surface area contributed by atoms with Crippen LogP contribution in [0.1, 0.15) is 24.2 Å². The van der Waals surface area contributed by atoms with E-state index >= 15 is 0 Å². The second-order valence-corrected chi connectivity index (χ2v) is 6.32. The van der Waals surface area contributed by atoms with Crippen LogP contribution in [0.2, 0.25) is 0 Å². The lowest BCUT2D eigenvalue weighted by atomic mass is 10.1. The smallest absolute Gasteiger partial charge is 0.253 e. The Bertz CT molecular complexity index is 701. The van der Waals surface area contributed by atoms with Crippen LogP contribution in [-0.4, -0.2) is 54.2 Å². The van der Waals surface area contributed by atoms with Crippen molar-refractivity contribution in [2.24, 2.45) is 0 Å². The number of carbonyl (C=O) groups is 1. The van der Waals surface area contributed by atoms with Crippen LogP contribution in [0.15, 0.2) is 36.5 Å². The molecule has 0 spiro atoms. The number of carbonyl (C=O) groups excluding carboxylic acids is 1. The van der Waals surface area contributed by atoms with Crippen molar-refractivity contribution in [2.75, 3.05) is 20.2 Å². The Labute approximate surface area is 136 Å². The zero-order valence-corrected chi connectivity index (χ0v) is 13.8. The summed E-state index contributed by atoms with van der Waals surface area (Å²) < 4.78 is 5.54. The van der Waals surface area contributed by atoms with Gasteiger partial charge in [0.2, 0.25) is 0 Å². The van der Waals surface area contributed by atoms with Gasteiger partial charge in [-0.15, -0.1) is 0 Å². The lowest BCUT2D eigenvalue weighted by molar-refractivity contribution is 0.0753. The highest BCUT2D eigenvalue weighted by Gasteiger charge is 2.35. The van der Waals surface area contributed by atoms with Crippen molar-refractivity contribution in [1.82, 2.24) is 15.2 Å². The van der Waals surface area contributed by atoms with Crippen LogP contribution in [0.3, 0.4) is 0 Å². The third kappa shape index (κ3) is 3.35. The van der Waals surface area contributed by atoms with Crippen LogP contribution in [0.25, 0.3) is 10.9 Å². The Hall–Kier alpha value is -1.98. The van der Waals surface area contributed by atoms with E-state index in [1.165, 1.54) is 0 Å². The van der Waals surface area contributed by atoms with E-state index in [1.807, 2.05) is 30.3 Å². The number of amides is 1. The third-order valence-electron chi connectivity index (χ3n) is 4.50. The second kappa shape index (κ2) is 6.64. The molecule has 3 rings (SSSR count). The number of pyridine rings is 1. The monoisotopic (exact) mass is 313 g/mol. The van der Waals surface area contributed by atoms with Crippen molar-refractivity contribution in [3.05, 3.63) is 42.1 Å². The summed E-state index contributed by atoms with van der Waals surface area (Å²) >= 11 is 0. The fourth-order valence-corrected chi connectivity index (χ4v) is 3.05. The minimum atomic E-state index is -0.0964. The van der Waals surface area contributed by atoms with Gasteiger partial charge in [-0.05, 0) is 26.0 Å². The minimum Gasteiger partial charge on any atom is -0.378 e. The number of methoxy groups -OCH3 is 1. The predicted molar refractivity (Wildman–Crippen MR) is 90.5 cm³/mol. The number of nitrogens with one attached hydrogen (secondary N) is 1. The zero-order valence-electron chi connectivity index (χ0n) is 13.8. The van der Waals surface area contributed by atoms with Gasteiger partial charge in [0, 0.05) is 37.8 Å². The molecule has 5 heteroatoms. The molecule has 0 radical (unpaired) electrons. The van der Waals surface area contributed by atoms with E-state index in [9.17, 15) is 4.79 Å². The molecule has 1 aromatic carbocycles. The molecule has 1 aliphatic heterocycles. The van der Waals surface area contributed by atoms with Gasteiger partial charge in [-0.25, -0.2) is 0 Å². The van der Waals surface area contributed by atoms with Crippen LogP contribution < -0.4 is 5.32 Å². The van der Waals surface area contributed by atoms with E-state index in [-0.39, 0.29) is 18.1 Å². The summed E-state index contributed by atoms with van der Waals surface area (Å²) in [5, 5.41) is 4.07. The van der Waals surface area contributed by atoms with Gasteiger partial charge in [0.05, 0.1) is 23.2 Å². The molecule has 0 saturated carbocycles. The first-order valence-electron chi connectivity index (χ1n) is 8.01. The van der Waals surface area contributed by atoms with Crippen molar-refractivity contribution >= 4 is 16.8 Å². The molecule has 5 nitrogen and oxygen atoms in total. The maximum absolute atomic E-state index is 12.6. The molecule has 0 bridgehead atoms. The molecule has 122 valence electrons. The number of hydrogen-bond donors (Lipinski definition) is 1. The highest BCUT2D eigenvalue weighted by Crippen LogP contribution is 2.17. The van der Waals surface area contributed by atoms with Gasteiger partial charge in [-0.1, -0.05) is 18.2 Å². The first-order chi connectivity index (χ1) is 11.1. The molecule has 1 fully saturated rings. The first kappa shape index (κ1) is 15.9. The number of hydrogen-bond acceptors (Lipinski definition) is 4. The van der Waals surface area contributed by atoms with Gasteiger partial charge in [0.1, 0.15) is 0 Å². The number of aromatic nitrogens is 1. The standard InChI is InChI=1S/C18H23N3O2/c1-12(2)21-10-16(17(11-21)23-3)20-18(22)14-8-13-6-4-5-7-15(13)19-9-14/h4-9,12,16-17H,10-11H2,1-3H3,(H,20,22)/t16-,17-/m0/s1. The van der Waals surface area contributed by atoms with Crippen molar-refractivity contribution < 1.29 is 9.53 Å². The quantitative estimate of drug-likeness (QED) is 0.939. The molecule has 1 N–H and O–H groups in total.